The van der Waals surface area contributed by atoms with Gasteiger partial charge in [0.05, 0.1) is 59.3 Å². The van der Waals surface area contributed by atoms with Crippen molar-refractivity contribution in [1.82, 2.24) is 9.34 Å². The quantitative estimate of drug-likeness (QED) is 0.561. The Morgan fingerprint density at radius 3 is 1.76 bits per heavy atom. The van der Waals surface area contributed by atoms with Gasteiger partial charge in [0.2, 0.25) is 0 Å². The molecule has 0 N–H and O–H groups in total. The van der Waals surface area contributed by atoms with Crippen molar-refractivity contribution in [2.75, 3.05) is 65.4 Å². The molecule has 0 aromatic rings. The van der Waals surface area contributed by atoms with Crippen molar-refractivity contribution >= 4 is 7.56 Å². The van der Waals surface area contributed by atoms with Crippen LogP contribution in [0.5, 0.6) is 0 Å². The van der Waals surface area contributed by atoms with Crippen molar-refractivity contribution in [3.63, 3.8) is 0 Å². The van der Waals surface area contributed by atoms with Gasteiger partial charge in [-0.2, -0.15) is 9.34 Å². The first kappa shape index (κ1) is 13.4. The van der Waals surface area contributed by atoms with Gasteiger partial charge < -0.3 is 9.47 Å². The fraction of sp³-hybridized carbons (Fsp3) is 0.833. The number of morpholine rings is 2. The molecule has 0 saturated carbocycles. The molecule has 0 bridgehead atoms. The Morgan fingerprint density at radius 1 is 1.00 bits per heavy atom. The molecule has 5 heteroatoms. The number of allylic oxidation sites excluding steroid dienone is 1. The van der Waals surface area contributed by atoms with Crippen LogP contribution in [-0.2, 0) is 9.47 Å². The lowest BCUT2D eigenvalue weighted by Crippen LogP contribution is -2.46. The van der Waals surface area contributed by atoms with Gasteiger partial charge >= 0.3 is 0 Å². The highest BCUT2D eigenvalue weighted by molar-refractivity contribution is 7.70. The fourth-order valence-electron chi connectivity index (χ4n) is 2.62. The van der Waals surface area contributed by atoms with Gasteiger partial charge in [-0.25, -0.2) is 0 Å². The van der Waals surface area contributed by atoms with Crippen molar-refractivity contribution in [2.45, 2.75) is 0 Å². The highest BCUT2D eigenvalue weighted by atomic mass is 31.2. The number of hydrogen-bond donors (Lipinski definition) is 0. The molecule has 0 aromatic heterocycles. The van der Waals surface area contributed by atoms with E-state index in [9.17, 15) is 0 Å². The smallest absolute Gasteiger partial charge is 0.154 e. The summed E-state index contributed by atoms with van der Waals surface area (Å²) in [4.78, 5) is 0. The zero-order valence-electron chi connectivity index (χ0n) is 10.8. The van der Waals surface area contributed by atoms with Crippen molar-refractivity contribution in [3.8, 4) is 0 Å². The fourth-order valence-corrected chi connectivity index (χ4v) is 5.98. The molecule has 0 aromatic carbocycles. The third-order valence-electron chi connectivity index (χ3n) is 3.67. The minimum atomic E-state index is -1.23. The summed E-state index contributed by atoms with van der Waals surface area (Å²) in [5.74, 6) is 0. The lowest BCUT2D eigenvalue weighted by atomic mass is 10.5. The molecule has 0 unspecified atom stereocenters. The Bertz CT molecular complexity index is 233. The van der Waals surface area contributed by atoms with E-state index in [4.69, 9.17) is 9.47 Å². The predicted octanol–water partition coefficient (Wildman–Crippen LogP) is 1.31. The molecule has 0 radical (unpaired) electrons. The van der Waals surface area contributed by atoms with E-state index in [2.05, 4.69) is 28.7 Å². The Labute approximate surface area is 105 Å². The molecule has 2 aliphatic heterocycles. The van der Waals surface area contributed by atoms with Crippen molar-refractivity contribution < 1.29 is 9.47 Å². The first-order chi connectivity index (χ1) is 8.27. The predicted molar refractivity (Wildman–Crippen MR) is 72.7 cm³/mol. The minimum absolute atomic E-state index is 0.872. The second-order valence-electron chi connectivity index (χ2n) is 4.69. The number of rotatable bonds is 4. The molecule has 0 amide bonds. The summed E-state index contributed by atoms with van der Waals surface area (Å²) in [5, 5.41) is 0. The summed E-state index contributed by atoms with van der Waals surface area (Å²) in [7, 11) is -1.23. The van der Waals surface area contributed by atoms with E-state index >= 15 is 0 Å². The number of hydrogen-bond acceptors (Lipinski definition) is 4. The minimum Gasteiger partial charge on any atom is -0.378 e. The molecular weight excluding hydrogens is 235 g/mol. The molecule has 17 heavy (non-hydrogen) atoms. The van der Waals surface area contributed by atoms with Gasteiger partial charge in [-0.05, 0) is 0 Å². The summed E-state index contributed by atoms with van der Waals surface area (Å²) in [5.41, 5.74) is 0. The van der Waals surface area contributed by atoms with Crippen LogP contribution < -0.4 is 0 Å². The molecule has 2 fully saturated rings. The largest absolute Gasteiger partial charge is 0.378 e. The summed E-state index contributed by atoms with van der Waals surface area (Å²) in [6.07, 6.45) is 3.19. The van der Waals surface area contributed by atoms with Gasteiger partial charge in [-0.15, -0.1) is 0 Å². The van der Waals surface area contributed by atoms with Crippen molar-refractivity contribution in [2.24, 2.45) is 0 Å². The first-order valence-electron chi connectivity index (χ1n) is 6.40. The van der Waals surface area contributed by atoms with Crippen molar-refractivity contribution in [3.05, 3.63) is 12.7 Å². The molecule has 0 spiro atoms. The Balaban J connectivity index is 2.08. The molecular formula is C12H24N2O2P+. The zero-order valence-corrected chi connectivity index (χ0v) is 11.7. The summed E-state index contributed by atoms with van der Waals surface area (Å²) < 4.78 is 16.2. The summed E-state index contributed by atoms with van der Waals surface area (Å²) in [6.45, 7) is 14.1. The SMILES string of the molecule is C=CC[P+](C)(N1CCOCC1)N1CCOCC1. The Kier molecular flexibility index (Phi) is 4.95. The maximum atomic E-state index is 5.47. The van der Waals surface area contributed by atoms with Gasteiger partial charge in [-0.3, -0.25) is 0 Å². The van der Waals surface area contributed by atoms with E-state index in [0.717, 1.165) is 58.8 Å². The standard InChI is InChI=1S/C12H24N2O2P/c1-3-12-17(2,13-4-8-15-9-5-13)14-6-10-16-11-7-14/h3H,1,4-12H2,2H3/q+1. The van der Waals surface area contributed by atoms with E-state index in [1.165, 1.54) is 0 Å². The molecule has 2 saturated heterocycles. The normalized spacial score (nSPS) is 24.8. The van der Waals surface area contributed by atoms with E-state index in [1.807, 2.05) is 0 Å². The second-order valence-corrected chi connectivity index (χ2v) is 8.37. The molecule has 0 atom stereocenters. The first-order valence-corrected chi connectivity index (χ1v) is 8.73. The van der Waals surface area contributed by atoms with Gasteiger partial charge in [-0.1, -0.05) is 12.7 Å². The van der Waals surface area contributed by atoms with E-state index in [0.29, 0.717) is 0 Å². The van der Waals surface area contributed by atoms with Crippen LogP contribution >= 0.6 is 7.56 Å². The highest BCUT2D eigenvalue weighted by Gasteiger charge is 2.45. The molecule has 0 aliphatic carbocycles. The Hall–Kier alpha value is 0.01000. The van der Waals surface area contributed by atoms with E-state index in [1.54, 1.807) is 0 Å². The topological polar surface area (TPSA) is 24.9 Å². The van der Waals surface area contributed by atoms with Crippen LogP contribution in [0.25, 0.3) is 0 Å². The third kappa shape index (κ3) is 3.07. The van der Waals surface area contributed by atoms with Gasteiger partial charge in [0, 0.05) is 0 Å². The Morgan fingerprint density at radius 2 is 1.41 bits per heavy atom. The molecule has 2 heterocycles. The van der Waals surface area contributed by atoms with Crippen LogP contribution in [0.4, 0.5) is 0 Å². The summed E-state index contributed by atoms with van der Waals surface area (Å²) in [6, 6.07) is 0. The van der Waals surface area contributed by atoms with Gasteiger partial charge in [0.1, 0.15) is 6.16 Å². The lowest BCUT2D eigenvalue weighted by Gasteiger charge is -2.43. The maximum absolute atomic E-state index is 5.47. The van der Waals surface area contributed by atoms with Gasteiger partial charge in [0.25, 0.3) is 0 Å². The monoisotopic (exact) mass is 259 g/mol. The van der Waals surface area contributed by atoms with E-state index in [-0.39, 0.29) is 0 Å². The van der Waals surface area contributed by atoms with Crippen LogP contribution in [-0.4, -0.2) is 74.8 Å². The van der Waals surface area contributed by atoms with Crippen LogP contribution in [0.2, 0.25) is 0 Å². The van der Waals surface area contributed by atoms with Crippen LogP contribution in [0, 0.1) is 0 Å². The number of ether oxygens (including phenoxy) is 2. The maximum Gasteiger partial charge on any atom is 0.154 e. The third-order valence-corrected chi connectivity index (χ3v) is 7.86. The van der Waals surface area contributed by atoms with Crippen molar-refractivity contribution in [1.29, 1.82) is 0 Å². The molecule has 2 aliphatic rings. The zero-order chi connectivity index (χ0) is 12.1. The number of nitrogens with zero attached hydrogens (tertiary/aromatic N) is 2. The lowest BCUT2D eigenvalue weighted by molar-refractivity contribution is 0.0560. The average Bonchev–Trinajstić information content (AvgIpc) is 2.41. The van der Waals surface area contributed by atoms with Crippen LogP contribution in [0.3, 0.4) is 0 Å². The summed E-state index contributed by atoms with van der Waals surface area (Å²) >= 11 is 0. The van der Waals surface area contributed by atoms with Gasteiger partial charge in [0.15, 0.2) is 7.56 Å². The van der Waals surface area contributed by atoms with Crippen LogP contribution in [0.1, 0.15) is 0 Å². The molecule has 2 rings (SSSR count). The van der Waals surface area contributed by atoms with E-state index < -0.39 is 7.56 Å². The average molecular weight is 259 g/mol. The highest BCUT2D eigenvalue weighted by Crippen LogP contribution is 2.61. The second kappa shape index (κ2) is 6.26. The molecule has 98 valence electrons. The molecule has 4 nitrogen and oxygen atoms in total. The van der Waals surface area contributed by atoms with Crippen LogP contribution in [0.15, 0.2) is 12.7 Å².